The maximum atomic E-state index is 5.80. The van der Waals surface area contributed by atoms with E-state index >= 15 is 0 Å². The number of nitrogens with zero attached hydrogens (tertiary/aromatic N) is 2. The van der Waals surface area contributed by atoms with Crippen LogP contribution in [0.15, 0.2) is 97.1 Å². The summed E-state index contributed by atoms with van der Waals surface area (Å²) < 4.78 is 46.4. The molecule has 2 aliphatic heterocycles. The van der Waals surface area contributed by atoms with Gasteiger partial charge in [-0.15, -0.1) is 0 Å². The Morgan fingerprint density at radius 3 is 0.625 bits per heavy atom. The molecule has 2 N–H and O–H groups in total. The smallest absolute Gasteiger partial charge is 0.341 e. The van der Waals surface area contributed by atoms with E-state index in [4.69, 9.17) is 45.4 Å². The molecule has 0 fully saturated rings. The SMILES string of the molecule is [Si]Oc1cccc(O[Si])c1-c1c2nc(c(-c3c(O[Si])cccc3O[Si])c3ccc([nH]3)c(-c3c(O[Si])cccc3O[Si])c3nc(c(-c4c(O[Si])cccc4O[Si])c4ccc1[nH]4)C=C3)C=C2. The van der Waals surface area contributed by atoms with Gasteiger partial charge in [0.1, 0.15) is 46.0 Å². The van der Waals surface area contributed by atoms with Crippen molar-refractivity contribution in [3.8, 4) is 90.5 Å². The van der Waals surface area contributed by atoms with E-state index in [0.717, 1.165) is 0 Å². The van der Waals surface area contributed by atoms with Crippen molar-refractivity contribution in [1.82, 2.24) is 19.9 Å². The first-order valence-corrected chi connectivity index (χ1v) is 22.0. The van der Waals surface area contributed by atoms with Crippen LogP contribution in [-0.2, 0) is 0 Å². The number of benzene rings is 4. The third-order valence-electron chi connectivity index (χ3n) is 10.6. The first-order chi connectivity index (χ1) is 31.4. The van der Waals surface area contributed by atoms with E-state index < -0.39 is 0 Å². The lowest BCUT2D eigenvalue weighted by molar-refractivity contribution is 0.591. The summed E-state index contributed by atoms with van der Waals surface area (Å²) >= 11 is 0. The second-order valence-electron chi connectivity index (χ2n) is 13.8. The minimum absolute atomic E-state index is 0.449. The molecular weight excluding hydrogens is 937 g/mol. The van der Waals surface area contributed by atoms with Gasteiger partial charge in [0, 0.05) is 44.3 Å². The summed E-state index contributed by atoms with van der Waals surface area (Å²) in [6, 6.07) is 29.5. The highest BCUT2D eigenvalue weighted by Gasteiger charge is 2.26. The van der Waals surface area contributed by atoms with Crippen LogP contribution >= 0.6 is 0 Å². The van der Waals surface area contributed by atoms with Crippen LogP contribution in [0.3, 0.4) is 0 Å². The molecule has 7 aromatic rings. The summed E-state index contributed by atoms with van der Waals surface area (Å²) in [7, 11) is 26.4. The molecule has 0 aliphatic carbocycles. The minimum atomic E-state index is 0.449. The van der Waals surface area contributed by atoms with Gasteiger partial charge in [-0.05, 0) is 97.1 Å². The maximum Gasteiger partial charge on any atom is 0.341 e. The van der Waals surface area contributed by atoms with Gasteiger partial charge in [-0.1, -0.05) is 24.3 Å². The largest absolute Gasteiger partial charge is 0.540 e. The van der Waals surface area contributed by atoms with E-state index in [1.807, 2.05) is 121 Å². The zero-order valence-electron chi connectivity index (χ0n) is 32.7. The molecule has 2 aliphatic rings. The number of nitrogens with one attached hydrogen (secondary N) is 2. The molecule has 64 heavy (non-hydrogen) atoms. The second-order valence-corrected chi connectivity index (χ2v) is 15.5. The Balaban J connectivity index is 1.56. The number of H-pyrrole nitrogens is 2. The van der Waals surface area contributed by atoms with Crippen LogP contribution in [0.25, 0.3) is 90.9 Å². The Bertz CT molecular complexity index is 2710. The average molecular weight is 959 g/mol. The maximum absolute atomic E-state index is 5.80. The van der Waals surface area contributed by atoms with E-state index in [2.05, 4.69) is 93.9 Å². The fourth-order valence-electron chi connectivity index (χ4n) is 7.97. The predicted octanol–water partition coefficient (Wildman–Crippen LogP) is 7.02. The van der Waals surface area contributed by atoms with Crippen molar-refractivity contribution < 1.29 is 35.4 Å². The van der Waals surface area contributed by atoms with Crippen molar-refractivity contribution in [1.29, 1.82) is 0 Å². The summed E-state index contributed by atoms with van der Waals surface area (Å²) in [5.74, 6) is 3.59. The molecule has 298 valence electrons. The number of aromatic amines is 2. The number of hydrogen-bond donors (Lipinski definition) is 2. The van der Waals surface area contributed by atoms with Gasteiger partial charge in [0.25, 0.3) is 0 Å². The third-order valence-corrected chi connectivity index (χ3v) is 12.3. The van der Waals surface area contributed by atoms with Crippen LogP contribution in [0.1, 0.15) is 22.8 Å². The van der Waals surface area contributed by atoms with E-state index in [1.54, 1.807) is 0 Å². The second kappa shape index (κ2) is 18.4. The van der Waals surface area contributed by atoms with E-state index in [9.17, 15) is 0 Å². The van der Waals surface area contributed by atoms with Crippen molar-refractivity contribution in [3.63, 3.8) is 0 Å². The van der Waals surface area contributed by atoms with E-state index in [0.29, 0.717) is 135 Å². The van der Waals surface area contributed by atoms with Crippen molar-refractivity contribution in [3.05, 3.63) is 120 Å². The van der Waals surface area contributed by atoms with Crippen molar-refractivity contribution in [2.45, 2.75) is 0 Å². The first kappa shape index (κ1) is 42.9. The Morgan fingerprint density at radius 2 is 0.453 bits per heavy atom. The van der Waals surface area contributed by atoms with Gasteiger partial charge >= 0.3 is 83.9 Å². The Morgan fingerprint density at radius 1 is 0.266 bits per heavy atom. The fourth-order valence-corrected chi connectivity index (χ4v) is 9.33. The average Bonchev–Trinajstić information content (AvgIpc) is 4.20. The summed E-state index contributed by atoms with van der Waals surface area (Å²) in [6.45, 7) is 0. The van der Waals surface area contributed by atoms with Crippen LogP contribution < -0.4 is 35.4 Å². The molecular formula is C44H22N4O8Si8. The van der Waals surface area contributed by atoms with Crippen LogP contribution in [0.5, 0.6) is 46.0 Å². The summed E-state index contributed by atoms with van der Waals surface area (Å²) in [6.07, 6.45) is 7.67. The van der Waals surface area contributed by atoms with Crippen LogP contribution in [0.2, 0.25) is 0 Å². The zero-order valence-corrected chi connectivity index (χ0v) is 40.7. The molecule has 3 aromatic heterocycles. The molecule has 5 heterocycles. The summed E-state index contributed by atoms with van der Waals surface area (Å²) in [5, 5.41) is 0. The molecule has 12 nitrogen and oxygen atoms in total. The lowest BCUT2D eigenvalue weighted by Crippen LogP contribution is -1.98. The number of hydrogen-bond acceptors (Lipinski definition) is 10. The van der Waals surface area contributed by atoms with Gasteiger partial charge < -0.3 is 45.4 Å². The number of rotatable bonds is 12. The van der Waals surface area contributed by atoms with Gasteiger partial charge in [0.05, 0.1) is 45.0 Å². The molecule has 0 spiro atoms. The van der Waals surface area contributed by atoms with Crippen molar-refractivity contribution in [2.24, 2.45) is 0 Å². The number of aromatic nitrogens is 4. The van der Waals surface area contributed by atoms with Crippen LogP contribution in [-0.4, -0.2) is 104 Å². The summed E-state index contributed by atoms with van der Waals surface area (Å²) in [4.78, 5) is 18.1. The fraction of sp³-hybridized carbons (Fsp3) is 0. The van der Waals surface area contributed by atoms with Gasteiger partial charge in [-0.3, -0.25) is 0 Å². The van der Waals surface area contributed by atoms with Crippen LogP contribution in [0, 0.1) is 0 Å². The molecule has 0 amide bonds. The number of fused-ring (bicyclic) bond motifs is 8. The third kappa shape index (κ3) is 7.41. The highest BCUT2D eigenvalue weighted by molar-refractivity contribution is 6.10. The molecule has 20 heteroatoms. The van der Waals surface area contributed by atoms with Gasteiger partial charge in [0.15, 0.2) is 0 Å². The predicted molar refractivity (Wildman–Crippen MR) is 252 cm³/mol. The molecule has 0 saturated carbocycles. The lowest BCUT2D eigenvalue weighted by atomic mass is 10.0. The molecule has 4 aromatic carbocycles. The van der Waals surface area contributed by atoms with E-state index in [-0.39, 0.29) is 0 Å². The normalized spacial score (nSPS) is 11.6. The highest BCUT2D eigenvalue weighted by Crippen LogP contribution is 2.49. The lowest BCUT2D eigenvalue weighted by Gasteiger charge is -2.16. The Kier molecular flexibility index (Phi) is 12.3. The molecule has 8 bridgehead atoms. The quantitative estimate of drug-likeness (QED) is 0.123. The minimum Gasteiger partial charge on any atom is -0.540 e. The Hall–Kier alpha value is -6.38. The zero-order chi connectivity index (χ0) is 44.5. The van der Waals surface area contributed by atoms with Gasteiger partial charge in [0.2, 0.25) is 0 Å². The van der Waals surface area contributed by atoms with Gasteiger partial charge in [-0.2, -0.15) is 0 Å². The Labute approximate surface area is 393 Å². The van der Waals surface area contributed by atoms with Crippen LogP contribution in [0.4, 0.5) is 0 Å². The molecule has 24 radical (unpaired) electrons. The molecule has 0 unspecified atom stereocenters. The van der Waals surface area contributed by atoms with Crippen molar-refractivity contribution in [2.75, 3.05) is 0 Å². The highest BCUT2D eigenvalue weighted by atomic mass is 28.2. The summed E-state index contributed by atoms with van der Waals surface area (Å²) in [5.41, 5.74) is 9.56. The van der Waals surface area contributed by atoms with Crippen molar-refractivity contribution >= 4 is 130 Å². The topological polar surface area (TPSA) is 131 Å². The standard InChI is InChI=1S/C44H22N4O8Si8/c57-49-29-5-1-6-30(50-58)41(29)37-21-13-15-23(45-21)38(42-31(51-59)7-2-8-32(42)52-60)25-17-19-27(47-25)40(44-35(55-63)11-4-12-36(44)56-64)28-20-18-26(48-28)39(24-16-14-22(37)46-24)43-33(53-61)9-3-10-34(43)54-62/h1-20,45,48H. The molecule has 0 saturated heterocycles. The monoisotopic (exact) mass is 958 g/mol. The molecule has 9 rings (SSSR count). The first-order valence-electron chi connectivity index (χ1n) is 18.8. The van der Waals surface area contributed by atoms with E-state index in [1.165, 1.54) is 0 Å². The molecule has 0 atom stereocenters. The van der Waals surface area contributed by atoms with Gasteiger partial charge in [-0.25, -0.2) is 9.97 Å².